The van der Waals surface area contributed by atoms with Crippen LogP contribution in [0.3, 0.4) is 0 Å². The van der Waals surface area contributed by atoms with Gasteiger partial charge in [0.25, 0.3) is 0 Å². The fourth-order valence-corrected chi connectivity index (χ4v) is 1.50. The lowest BCUT2D eigenvalue weighted by atomic mass is 9.97. The molecule has 0 unspecified atom stereocenters. The first-order chi connectivity index (χ1) is 7.10. The van der Waals surface area contributed by atoms with Crippen LogP contribution in [0.2, 0.25) is 0 Å². The molecule has 0 aromatic heterocycles. The van der Waals surface area contributed by atoms with E-state index in [2.05, 4.69) is 32.6 Å². The lowest BCUT2D eigenvalue weighted by molar-refractivity contribution is 0.408. The van der Waals surface area contributed by atoms with E-state index in [9.17, 15) is 0 Å². The van der Waals surface area contributed by atoms with Crippen LogP contribution >= 0.6 is 12.4 Å². The van der Waals surface area contributed by atoms with Gasteiger partial charge in [0.05, 0.1) is 13.2 Å². The number of ether oxygens (including phenoxy) is 1. The third-order valence-corrected chi connectivity index (χ3v) is 2.53. The quantitative estimate of drug-likeness (QED) is 0.820. The summed E-state index contributed by atoms with van der Waals surface area (Å²) in [6.45, 7) is 8.02. The van der Waals surface area contributed by atoms with E-state index in [1.165, 1.54) is 5.56 Å². The molecule has 3 heteroatoms. The maximum atomic E-state index is 5.94. The predicted molar refractivity (Wildman–Crippen MR) is 71.5 cm³/mol. The number of hydrogen-bond acceptors (Lipinski definition) is 2. The highest BCUT2D eigenvalue weighted by Crippen LogP contribution is 2.28. The second kappa shape index (κ2) is 6.56. The van der Waals surface area contributed by atoms with Gasteiger partial charge < -0.3 is 10.5 Å². The fraction of sp³-hybridized carbons (Fsp3) is 0.385. The third kappa shape index (κ3) is 3.26. The van der Waals surface area contributed by atoms with Crippen molar-refractivity contribution in [3.63, 3.8) is 0 Å². The van der Waals surface area contributed by atoms with Crippen molar-refractivity contribution in [2.75, 3.05) is 7.11 Å². The zero-order valence-electron chi connectivity index (χ0n) is 10.1. The largest absolute Gasteiger partial charge is 0.496 e. The average Bonchev–Trinajstić information content (AvgIpc) is 2.27. The molecule has 0 aliphatic heterocycles. The Morgan fingerprint density at radius 1 is 1.38 bits per heavy atom. The van der Waals surface area contributed by atoms with Crippen molar-refractivity contribution in [2.24, 2.45) is 5.73 Å². The molecule has 0 heterocycles. The minimum atomic E-state index is -0.168. The third-order valence-electron chi connectivity index (χ3n) is 2.53. The molecule has 0 aliphatic rings. The molecule has 0 spiro atoms. The van der Waals surface area contributed by atoms with Crippen molar-refractivity contribution in [3.05, 3.63) is 42.0 Å². The van der Waals surface area contributed by atoms with Crippen molar-refractivity contribution in [3.8, 4) is 5.75 Å². The first kappa shape index (κ1) is 15.0. The van der Waals surface area contributed by atoms with E-state index in [0.717, 1.165) is 11.3 Å². The van der Waals surface area contributed by atoms with Gasteiger partial charge in [-0.2, -0.15) is 0 Å². The number of benzene rings is 1. The Morgan fingerprint density at radius 3 is 2.44 bits per heavy atom. The molecule has 1 atom stereocenters. The standard InChI is InChI=1S/C13H19NO.ClH/c1-5-12(14)11-8-10(9(2)3)6-7-13(11)15-4;/h5-9,12H,1,14H2,2-4H3;1H/t12-;/m0./s1. The van der Waals surface area contributed by atoms with E-state index >= 15 is 0 Å². The van der Waals surface area contributed by atoms with Crippen LogP contribution in [0.4, 0.5) is 0 Å². The molecule has 90 valence electrons. The number of nitrogens with two attached hydrogens (primary N) is 1. The zero-order valence-corrected chi connectivity index (χ0v) is 10.9. The van der Waals surface area contributed by atoms with Crippen molar-refractivity contribution in [1.29, 1.82) is 0 Å². The fourth-order valence-electron chi connectivity index (χ4n) is 1.50. The average molecular weight is 242 g/mol. The Bertz CT molecular complexity index is 350. The van der Waals surface area contributed by atoms with Gasteiger partial charge >= 0.3 is 0 Å². The second-order valence-electron chi connectivity index (χ2n) is 3.92. The maximum Gasteiger partial charge on any atom is 0.123 e. The maximum absolute atomic E-state index is 5.94. The lowest BCUT2D eigenvalue weighted by Crippen LogP contribution is -2.09. The second-order valence-corrected chi connectivity index (χ2v) is 3.92. The lowest BCUT2D eigenvalue weighted by Gasteiger charge is -2.15. The summed E-state index contributed by atoms with van der Waals surface area (Å²) in [6.07, 6.45) is 1.72. The molecular weight excluding hydrogens is 222 g/mol. The SMILES string of the molecule is C=C[C@H](N)c1cc(C(C)C)ccc1OC.Cl. The summed E-state index contributed by atoms with van der Waals surface area (Å²) in [5, 5.41) is 0. The smallest absolute Gasteiger partial charge is 0.123 e. The Kier molecular flexibility index (Phi) is 6.16. The van der Waals surface area contributed by atoms with Crippen molar-refractivity contribution in [1.82, 2.24) is 0 Å². The topological polar surface area (TPSA) is 35.2 Å². The highest BCUT2D eigenvalue weighted by atomic mass is 35.5. The van der Waals surface area contributed by atoms with Crippen LogP contribution < -0.4 is 10.5 Å². The summed E-state index contributed by atoms with van der Waals surface area (Å²) in [7, 11) is 1.66. The normalized spacial score (nSPS) is 11.8. The summed E-state index contributed by atoms with van der Waals surface area (Å²) < 4.78 is 5.28. The molecular formula is C13H20ClNO. The monoisotopic (exact) mass is 241 g/mol. The van der Waals surface area contributed by atoms with Crippen LogP contribution in [-0.4, -0.2) is 7.11 Å². The molecule has 0 bridgehead atoms. The minimum Gasteiger partial charge on any atom is -0.496 e. The van der Waals surface area contributed by atoms with Crippen LogP contribution in [-0.2, 0) is 0 Å². The predicted octanol–water partition coefficient (Wildman–Crippen LogP) is 3.43. The number of halogens is 1. The first-order valence-electron chi connectivity index (χ1n) is 5.16. The van der Waals surface area contributed by atoms with Crippen LogP contribution in [0.5, 0.6) is 5.75 Å². The van der Waals surface area contributed by atoms with Crippen LogP contribution in [0.15, 0.2) is 30.9 Å². The summed E-state index contributed by atoms with van der Waals surface area (Å²) in [6, 6.07) is 5.96. The first-order valence-corrected chi connectivity index (χ1v) is 5.16. The van der Waals surface area contributed by atoms with Gasteiger partial charge in [-0.3, -0.25) is 0 Å². The van der Waals surface area contributed by atoms with Crippen LogP contribution in [0.1, 0.15) is 36.9 Å². The van der Waals surface area contributed by atoms with E-state index in [0.29, 0.717) is 5.92 Å². The van der Waals surface area contributed by atoms with Crippen molar-refractivity contribution < 1.29 is 4.74 Å². The van der Waals surface area contributed by atoms with Crippen molar-refractivity contribution in [2.45, 2.75) is 25.8 Å². The molecule has 0 saturated heterocycles. The Balaban J connectivity index is 0.00000225. The molecule has 16 heavy (non-hydrogen) atoms. The van der Waals surface area contributed by atoms with Gasteiger partial charge in [-0.05, 0) is 23.6 Å². The molecule has 0 aliphatic carbocycles. The van der Waals surface area contributed by atoms with Crippen molar-refractivity contribution >= 4 is 12.4 Å². The highest BCUT2D eigenvalue weighted by Gasteiger charge is 2.10. The number of hydrogen-bond donors (Lipinski definition) is 1. The molecule has 1 aromatic carbocycles. The molecule has 2 N–H and O–H groups in total. The van der Waals surface area contributed by atoms with E-state index in [1.807, 2.05) is 6.07 Å². The van der Waals surface area contributed by atoms with Gasteiger partial charge in [-0.25, -0.2) is 0 Å². The summed E-state index contributed by atoms with van der Waals surface area (Å²) in [4.78, 5) is 0. The van der Waals surface area contributed by atoms with E-state index in [-0.39, 0.29) is 18.4 Å². The summed E-state index contributed by atoms with van der Waals surface area (Å²) in [5.74, 6) is 1.32. The zero-order chi connectivity index (χ0) is 11.4. The van der Waals surface area contributed by atoms with Gasteiger partial charge in [0.15, 0.2) is 0 Å². The van der Waals surface area contributed by atoms with E-state index in [1.54, 1.807) is 13.2 Å². The summed E-state index contributed by atoms with van der Waals surface area (Å²) >= 11 is 0. The molecule has 0 radical (unpaired) electrons. The Hall–Kier alpha value is -0.990. The van der Waals surface area contributed by atoms with Gasteiger partial charge in [0.1, 0.15) is 5.75 Å². The molecule has 1 aromatic rings. The number of rotatable bonds is 4. The molecule has 2 nitrogen and oxygen atoms in total. The molecule has 1 rings (SSSR count). The summed E-state index contributed by atoms with van der Waals surface area (Å²) in [5.41, 5.74) is 8.21. The van der Waals surface area contributed by atoms with E-state index < -0.39 is 0 Å². The highest BCUT2D eigenvalue weighted by molar-refractivity contribution is 5.85. The molecule has 0 amide bonds. The van der Waals surface area contributed by atoms with Gasteiger partial charge in [-0.1, -0.05) is 26.0 Å². The molecule has 0 fully saturated rings. The van der Waals surface area contributed by atoms with Gasteiger partial charge in [0.2, 0.25) is 0 Å². The Morgan fingerprint density at radius 2 is 2.00 bits per heavy atom. The number of methoxy groups -OCH3 is 1. The van der Waals surface area contributed by atoms with Gasteiger partial charge in [0, 0.05) is 5.56 Å². The Labute approximate surface area is 104 Å². The minimum absolute atomic E-state index is 0. The molecule has 0 saturated carbocycles. The van der Waals surface area contributed by atoms with E-state index in [4.69, 9.17) is 10.5 Å². The van der Waals surface area contributed by atoms with Crippen LogP contribution in [0.25, 0.3) is 0 Å². The van der Waals surface area contributed by atoms with Crippen LogP contribution in [0, 0.1) is 0 Å². The van der Waals surface area contributed by atoms with Gasteiger partial charge in [-0.15, -0.1) is 19.0 Å².